The maximum atomic E-state index is 13.0. The molecule has 0 amide bonds. The summed E-state index contributed by atoms with van der Waals surface area (Å²) in [5.74, 6) is -0.329. The van der Waals surface area contributed by atoms with Gasteiger partial charge in [0.15, 0.2) is 10.8 Å². The Morgan fingerprint density at radius 3 is 2.62 bits per heavy atom. The lowest BCUT2D eigenvalue weighted by atomic mass is 10.2. The minimum atomic E-state index is -0.329. The fourth-order valence-electron chi connectivity index (χ4n) is 1.96. The first-order valence-corrected chi connectivity index (χ1v) is 7.01. The number of nitrogens with zero attached hydrogens (tertiary/aromatic N) is 3. The van der Waals surface area contributed by atoms with Crippen molar-refractivity contribution in [2.75, 3.05) is 5.73 Å². The summed E-state index contributed by atoms with van der Waals surface area (Å²) in [6.07, 6.45) is 0. The molecule has 0 fully saturated rings. The van der Waals surface area contributed by atoms with Crippen LogP contribution in [0.15, 0.2) is 40.5 Å². The Hall–Kier alpha value is -2.54. The lowest BCUT2D eigenvalue weighted by Crippen LogP contribution is -2.16. The quantitative estimate of drug-likeness (QED) is 0.789. The van der Waals surface area contributed by atoms with Gasteiger partial charge in [-0.25, -0.2) is 14.1 Å². The number of nitrogens with two attached hydrogens (primary N) is 1. The molecule has 2 N–H and O–H groups in total. The molecule has 0 unspecified atom stereocenters. The highest BCUT2D eigenvalue weighted by atomic mass is 32.1. The second-order valence-electron chi connectivity index (χ2n) is 4.46. The molecule has 2 heterocycles. The Balaban J connectivity index is 2.18. The van der Waals surface area contributed by atoms with E-state index in [4.69, 9.17) is 5.73 Å². The normalized spacial score (nSPS) is 10.8. The largest absolute Gasteiger partial charge is 0.375 e. The van der Waals surface area contributed by atoms with E-state index in [1.54, 1.807) is 29.1 Å². The second kappa shape index (κ2) is 5.10. The molecule has 5 nitrogen and oxygen atoms in total. The lowest BCUT2D eigenvalue weighted by molar-refractivity contribution is 0.626. The molecule has 0 aliphatic heterocycles. The first kappa shape index (κ1) is 13.4. The molecule has 21 heavy (non-hydrogen) atoms. The van der Waals surface area contributed by atoms with Gasteiger partial charge in [-0.2, -0.15) is 5.10 Å². The van der Waals surface area contributed by atoms with Crippen molar-refractivity contribution in [1.82, 2.24) is 14.8 Å². The van der Waals surface area contributed by atoms with Gasteiger partial charge in [-0.05, 0) is 31.2 Å². The van der Waals surface area contributed by atoms with Gasteiger partial charge in [0.05, 0.1) is 5.69 Å². The van der Waals surface area contributed by atoms with E-state index in [9.17, 15) is 9.18 Å². The number of aromatic nitrogens is 3. The maximum Gasteiger partial charge on any atom is 0.210 e. The van der Waals surface area contributed by atoms with Gasteiger partial charge in [0.25, 0.3) is 0 Å². The van der Waals surface area contributed by atoms with Crippen LogP contribution in [0.25, 0.3) is 17.1 Å². The SMILES string of the molecule is Cc1cc(=O)c(-c2csc(N)n2)nn1-c1ccc(F)cc1. The van der Waals surface area contributed by atoms with E-state index in [0.717, 1.165) is 0 Å². The highest BCUT2D eigenvalue weighted by Gasteiger charge is 2.12. The molecule has 0 atom stereocenters. The summed E-state index contributed by atoms with van der Waals surface area (Å²) in [7, 11) is 0. The van der Waals surface area contributed by atoms with Crippen molar-refractivity contribution in [3.05, 3.63) is 57.4 Å². The first-order valence-electron chi connectivity index (χ1n) is 6.13. The number of aryl methyl sites for hydroxylation is 1. The van der Waals surface area contributed by atoms with E-state index in [-0.39, 0.29) is 16.9 Å². The van der Waals surface area contributed by atoms with Crippen molar-refractivity contribution in [3.8, 4) is 17.1 Å². The van der Waals surface area contributed by atoms with Gasteiger partial charge in [-0.15, -0.1) is 11.3 Å². The smallest absolute Gasteiger partial charge is 0.210 e. The van der Waals surface area contributed by atoms with Crippen LogP contribution in [0.5, 0.6) is 0 Å². The molecular formula is C14H11FN4OS. The van der Waals surface area contributed by atoms with E-state index in [1.807, 2.05) is 0 Å². The predicted octanol–water partition coefficient (Wildman–Crippen LogP) is 2.39. The molecule has 0 bridgehead atoms. The van der Waals surface area contributed by atoms with Crippen molar-refractivity contribution in [2.24, 2.45) is 0 Å². The summed E-state index contributed by atoms with van der Waals surface area (Å²) in [6, 6.07) is 7.35. The van der Waals surface area contributed by atoms with Crippen molar-refractivity contribution >= 4 is 16.5 Å². The highest BCUT2D eigenvalue weighted by Crippen LogP contribution is 2.19. The van der Waals surface area contributed by atoms with Crippen molar-refractivity contribution in [1.29, 1.82) is 0 Å². The number of benzene rings is 1. The van der Waals surface area contributed by atoms with Gasteiger partial charge in [-0.3, -0.25) is 4.79 Å². The molecule has 0 aliphatic rings. The Morgan fingerprint density at radius 1 is 1.29 bits per heavy atom. The molecular weight excluding hydrogens is 291 g/mol. The van der Waals surface area contributed by atoms with Gasteiger partial charge >= 0.3 is 0 Å². The average molecular weight is 302 g/mol. The molecule has 0 saturated carbocycles. The van der Waals surface area contributed by atoms with Gasteiger partial charge in [-0.1, -0.05) is 0 Å². The Labute approximate surface area is 123 Å². The Morgan fingerprint density at radius 2 is 2.00 bits per heavy atom. The predicted molar refractivity (Wildman–Crippen MR) is 80.0 cm³/mol. The fraction of sp³-hybridized carbons (Fsp3) is 0.0714. The zero-order valence-electron chi connectivity index (χ0n) is 11.1. The van der Waals surface area contributed by atoms with Gasteiger partial charge in [0.1, 0.15) is 11.5 Å². The Kier molecular flexibility index (Phi) is 3.26. The lowest BCUT2D eigenvalue weighted by Gasteiger charge is -2.10. The van der Waals surface area contributed by atoms with Crippen LogP contribution in [0.1, 0.15) is 5.69 Å². The molecule has 106 valence electrons. The van der Waals surface area contributed by atoms with E-state index < -0.39 is 0 Å². The van der Waals surface area contributed by atoms with E-state index in [0.29, 0.717) is 22.2 Å². The number of hydrogen-bond donors (Lipinski definition) is 1. The number of halogens is 1. The van der Waals surface area contributed by atoms with Crippen LogP contribution in [0, 0.1) is 12.7 Å². The van der Waals surface area contributed by atoms with E-state index in [2.05, 4.69) is 10.1 Å². The van der Waals surface area contributed by atoms with Gasteiger partial charge in [0.2, 0.25) is 5.43 Å². The maximum absolute atomic E-state index is 13.0. The summed E-state index contributed by atoms with van der Waals surface area (Å²) in [5, 5.41) is 6.38. The molecule has 2 aromatic heterocycles. The van der Waals surface area contributed by atoms with E-state index in [1.165, 1.54) is 29.5 Å². The van der Waals surface area contributed by atoms with Crippen LogP contribution in [0.3, 0.4) is 0 Å². The molecule has 0 saturated heterocycles. The third kappa shape index (κ3) is 2.55. The molecule has 7 heteroatoms. The third-order valence-corrected chi connectivity index (χ3v) is 3.62. The fourth-order valence-corrected chi connectivity index (χ4v) is 2.51. The monoisotopic (exact) mass is 302 g/mol. The average Bonchev–Trinajstić information content (AvgIpc) is 2.87. The van der Waals surface area contributed by atoms with Crippen LogP contribution in [-0.4, -0.2) is 14.8 Å². The number of rotatable bonds is 2. The second-order valence-corrected chi connectivity index (χ2v) is 5.35. The van der Waals surface area contributed by atoms with Crippen molar-refractivity contribution in [2.45, 2.75) is 6.92 Å². The van der Waals surface area contributed by atoms with Crippen molar-refractivity contribution in [3.63, 3.8) is 0 Å². The highest BCUT2D eigenvalue weighted by molar-refractivity contribution is 7.13. The molecule has 0 spiro atoms. The first-order chi connectivity index (χ1) is 10.0. The summed E-state index contributed by atoms with van der Waals surface area (Å²) in [5.41, 5.74) is 7.34. The van der Waals surface area contributed by atoms with Crippen molar-refractivity contribution < 1.29 is 4.39 Å². The third-order valence-electron chi connectivity index (χ3n) is 2.94. The molecule has 1 aromatic carbocycles. The molecule has 3 aromatic rings. The van der Waals surface area contributed by atoms with Gasteiger partial charge in [0, 0.05) is 17.1 Å². The molecule has 3 rings (SSSR count). The number of hydrogen-bond acceptors (Lipinski definition) is 5. The van der Waals surface area contributed by atoms with E-state index >= 15 is 0 Å². The van der Waals surface area contributed by atoms with Crippen LogP contribution >= 0.6 is 11.3 Å². The van der Waals surface area contributed by atoms with Crippen LogP contribution in [-0.2, 0) is 0 Å². The molecule has 0 aliphatic carbocycles. The zero-order chi connectivity index (χ0) is 15.0. The summed E-state index contributed by atoms with van der Waals surface area (Å²) in [4.78, 5) is 16.2. The van der Waals surface area contributed by atoms with Crippen LogP contribution < -0.4 is 11.2 Å². The minimum absolute atomic E-state index is 0.220. The summed E-state index contributed by atoms with van der Waals surface area (Å²) < 4.78 is 14.6. The summed E-state index contributed by atoms with van der Waals surface area (Å²) >= 11 is 1.24. The topological polar surface area (TPSA) is 73.8 Å². The van der Waals surface area contributed by atoms with Gasteiger partial charge < -0.3 is 5.73 Å². The number of thiazole rings is 1. The summed E-state index contributed by atoms with van der Waals surface area (Å²) in [6.45, 7) is 1.76. The standard InChI is InChI=1S/C14H11FN4OS/c1-8-6-12(20)13(11-7-21-14(16)17-11)18-19(8)10-4-2-9(15)3-5-10/h2-7H,1H3,(H2,16,17). The Bertz CT molecular complexity index is 854. The van der Waals surface area contributed by atoms with Crippen LogP contribution in [0.2, 0.25) is 0 Å². The number of anilines is 1. The zero-order valence-corrected chi connectivity index (χ0v) is 11.9. The van der Waals surface area contributed by atoms with Crippen LogP contribution in [0.4, 0.5) is 9.52 Å². The number of nitrogen functional groups attached to an aromatic ring is 1. The minimum Gasteiger partial charge on any atom is -0.375 e. The molecule has 0 radical (unpaired) electrons.